The summed E-state index contributed by atoms with van der Waals surface area (Å²) in [6, 6.07) is 0. The molecule has 0 aliphatic heterocycles. The molecule has 1 aromatic heterocycles. The van der Waals surface area contributed by atoms with E-state index in [1.54, 1.807) is 0 Å². The van der Waals surface area contributed by atoms with Gasteiger partial charge in [-0.3, -0.25) is 0 Å². The first-order chi connectivity index (χ1) is 4.99. The summed E-state index contributed by atoms with van der Waals surface area (Å²) in [5, 5.41) is 0. The van der Waals surface area contributed by atoms with Crippen LogP contribution in [0.3, 0.4) is 0 Å². The Morgan fingerprint density at radius 2 is 2.36 bits per heavy atom. The van der Waals surface area contributed by atoms with Gasteiger partial charge < -0.3 is 0 Å². The van der Waals surface area contributed by atoms with Crippen molar-refractivity contribution in [1.29, 1.82) is 0 Å². The van der Waals surface area contributed by atoms with Gasteiger partial charge in [-0.1, -0.05) is 11.6 Å². The lowest BCUT2D eigenvalue weighted by atomic mass is 10.6. The third-order valence-electron chi connectivity index (χ3n) is 0.901. The van der Waals surface area contributed by atoms with Gasteiger partial charge in [0.25, 0.3) is 0 Å². The average molecular weight is 216 g/mol. The fourth-order valence-corrected chi connectivity index (χ4v) is 2.00. The minimum absolute atomic E-state index is 0.0687. The Balaban J connectivity index is 2.89. The van der Waals surface area contributed by atoms with Crippen molar-refractivity contribution < 1.29 is 12.3 Å². The zero-order chi connectivity index (χ0) is 8.48. The molecule has 0 N–H and O–H groups in total. The molecule has 3 nitrogen and oxygen atoms in total. The van der Waals surface area contributed by atoms with Gasteiger partial charge in [-0.15, -0.1) is 15.2 Å². The summed E-state index contributed by atoms with van der Waals surface area (Å²) in [4.78, 5) is 3.57. The van der Waals surface area contributed by atoms with Crippen LogP contribution in [0, 0.1) is 0 Å². The smallest absolute Gasteiger partial charge is 0.247 e. The lowest BCUT2D eigenvalue weighted by Crippen LogP contribution is -1.96. The van der Waals surface area contributed by atoms with Gasteiger partial charge >= 0.3 is 10.2 Å². The molecule has 11 heavy (non-hydrogen) atoms. The molecule has 7 heteroatoms. The van der Waals surface area contributed by atoms with Gasteiger partial charge in [-0.05, 0) is 0 Å². The Bertz CT molecular complexity index is 347. The molecule has 0 aromatic carbocycles. The molecule has 0 bridgehead atoms. The topological polar surface area (TPSA) is 47.0 Å². The molecule has 0 aliphatic rings. The quantitative estimate of drug-likeness (QED) is 0.704. The van der Waals surface area contributed by atoms with Crippen LogP contribution in [0.5, 0.6) is 0 Å². The van der Waals surface area contributed by atoms with Gasteiger partial charge in [0.15, 0.2) is 0 Å². The van der Waals surface area contributed by atoms with Crippen molar-refractivity contribution in [2.75, 3.05) is 0 Å². The summed E-state index contributed by atoms with van der Waals surface area (Å²) in [5.41, 5.74) is 1.43. The normalized spacial score (nSPS) is 11.8. The number of aromatic nitrogens is 1. The molecule has 1 heterocycles. The van der Waals surface area contributed by atoms with Crippen LogP contribution >= 0.6 is 22.9 Å². The fourth-order valence-electron chi connectivity index (χ4n) is 0.512. The molecule has 0 saturated heterocycles. The maximum absolute atomic E-state index is 12.0. The molecule has 0 fully saturated rings. The van der Waals surface area contributed by atoms with Gasteiger partial charge in [0.1, 0.15) is 10.1 Å². The van der Waals surface area contributed by atoms with E-state index in [0.717, 1.165) is 11.3 Å². The zero-order valence-corrected chi connectivity index (χ0v) is 7.51. The maximum atomic E-state index is 12.0. The summed E-state index contributed by atoms with van der Waals surface area (Å²) >= 11 is 6.54. The standard InChI is InChI=1S/C4H3ClFNO2S2/c5-4-3(7-2-10-4)1-11(6,8)9/h2H,1H2. The Labute approximate surface area is 72.0 Å². The van der Waals surface area contributed by atoms with Crippen LogP contribution in [-0.4, -0.2) is 13.4 Å². The maximum Gasteiger partial charge on any atom is 0.308 e. The van der Waals surface area contributed by atoms with E-state index in [-0.39, 0.29) is 10.0 Å². The van der Waals surface area contributed by atoms with Gasteiger partial charge in [0.2, 0.25) is 0 Å². The highest BCUT2D eigenvalue weighted by Crippen LogP contribution is 2.21. The molecule has 0 radical (unpaired) electrons. The minimum Gasteiger partial charge on any atom is -0.247 e. The Morgan fingerprint density at radius 1 is 1.73 bits per heavy atom. The first kappa shape index (κ1) is 8.89. The van der Waals surface area contributed by atoms with Crippen molar-refractivity contribution in [1.82, 2.24) is 4.98 Å². The Hall–Kier alpha value is -0.200. The second-order valence-electron chi connectivity index (χ2n) is 1.76. The summed E-state index contributed by atoms with van der Waals surface area (Å²) in [6.07, 6.45) is 0. The molecule has 0 saturated carbocycles. The molecular weight excluding hydrogens is 213 g/mol. The molecule has 0 unspecified atom stereocenters. The first-order valence-corrected chi connectivity index (χ1v) is 5.30. The van der Waals surface area contributed by atoms with E-state index >= 15 is 0 Å². The van der Waals surface area contributed by atoms with Crippen molar-refractivity contribution in [2.24, 2.45) is 0 Å². The van der Waals surface area contributed by atoms with Crippen molar-refractivity contribution in [3.8, 4) is 0 Å². The van der Waals surface area contributed by atoms with E-state index in [0.29, 0.717) is 0 Å². The summed E-state index contributed by atoms with van der Waals surface area (Å²) in [5.74, 6) is -0.741. The van der Waals surface area contributed by atoms with E-state index in [1.807, 2.05) is 0 Å². The Kier molecular flexibility index (Phi) is 2.46. The monoisotopic (exact) mass is 215 g/mol. The third kappa shape index (κ3) is 2.72. The van der Waals surface area contributed by atoms with Gasteiger partial charge in [-0.25, -0.2) is 4.98 Å². The number of halogens is 2. The lowest BCUT2D eigenvalue weighted by molar-refractivity contribution is 0.550. The van der Waals surface area contributed by atoms with Crippen LogP contribution < -0.4 is 0 Å². The number of hydrogen-bond acceptors (Lipinski definition) is 4. The molecule has 0 spiro atoms. The number of nitrogens with zero attached hydrogens (tertiary/aromatic N) is 1. The van der Waals surface area contributed by atoms with E-state index in [9.17, 15) is 12.3 Å². The van der Waals surface area contributed by atoms with Crippen LogP contribution in [0.25, 0.3) is 0 Å². The number of thiazole rings is 1. The minimum atomic E-state index is -4.51. The molecule has 1 rings (SSSR count). The Morgan fingerprint density at radius 3 is 2.73 bits per heavy atom. The van der Waals surface area contributed by atoms with Crippen molar-refractivity contribution in [2.45, 2.75) is 5.75 Å². The van der Waals surface area contributed by atoms with Crippen molar-refractivity contribution >= 4 is 33.2 Å². The molecule has 0 aliphatic carbocycles. The summed E-state index contributed by atoms with van der Waals surface area (Å²) in [6.45, 7) is 0. The highest BCUT2D eigenvalue weighted by Gasteiger charge is 2.13. The fraction of sp³-hybridized carbons (Fsp3) is 0.250. The van der Waals surface area contributed by atoms with Crippen LogP contribution in [-0.2, 0) is 16.0 Å². The van der Waals surface area contributed by atoms with E-state index in [4.69, 9.17) is 11.6 Å². The van der Waals surface area contributed by atoms with Gasteiger partial charge in [0, 0.05) is 0 Å². The first-order valence-electron chi connectivity index (χ1n) is 2.49. The van der Waals surface area contributed by atoms with E-state index < -0.39 is 16.0 Å². The highest BCUT2D eigenvalue weighted by atomic mass is 35.5. The van der Waals surface area contributed by atoms with Crippen molar-refractivity contribution in [3.63, 3.8) is 0 Å². The summed E-state index contributed by atoms with van der Waals surface area (Å²) < 4.78 is 32.4. The molecular formula is C4H3ClFNO2S2. The van der Waals surface area contributed by atoms with Gasteiger partial charge in [-0.2, -0.15) is 8.42 Å². The zero-order valence-electron chi connectivity index (χ0n) is 5.12. The van der Waals surface area contributed by atoms with Crippen LogP contribution in [0.15, 0.2) is 5.51 Å². The predicted molar refractivity (Wildman–Crippen MR) is 40.9 cm³/mol. The number of rotatable bonds is 2. The molecule has 0 atom stereocenters. The molecule has 62 valence electrons. The largest absolute Gasteiger partial charge is 0.308 e. The van der Waals surface area contributed by atoms with Crippen LogP contribution in [0.1, 0.15) is 5.69 Å². The molecule has 1 aromatic rings. The lowest BCUT2D eigenvalue weighted by Gasteiger charge is -1.89. The van der Waals surface area contributed by atoms with Crippen LogP contribution in [0.2, 0.25) is 4.34 Å². The SMILES string of the molecule is O=S(=O)(F)Cc1ncsc1Cl. The third-order valence-corrected chi connectivity index (χ3v) is 2.66. The molecule has 0 amide bonds. The van der Waals surface area contributed by atoms with E-state index in [1.165, 1.54) is 5.51 Å². The summed E-state index contributed by atoms with van der Waals surface area (Å²) in [7, 11) is -4.51. The van der Waals surface area contributed by atoms with E-state index in [2.05, 4.69) is 4.98 Å². The average Bonchev–Trinajstić information content (AvgIpc) is 2.12. The van der Waals surface area contributed by atoms with Crippen LogP contribution in [0.4, 0.5) is 3.89 Å². The highest BCUT2D eigenvalue weighted by molar-refractivity contribution is 7.85. The number of hydrogen-bond donors (Lipinski definition) is 0. The van der Waals surface area contributed by atoms with Crippen molar-refractivity contribution in [3.05, 3.63) is 15.5 Å². The predicted octanol–water partition coefficient (Wildman–Crippen LogP) is 1.60. The van der Waals surface area contributed by atoms with Gasteiger partial charge in [0.05, 0.1) is 11.2 Å². The second kappa shape index (κ2) is 3.04. The second-order valence-corrected chi connectivity index (χ2v) is 4.58.